The molecule has 0 aromatic carbocycles. The van der Waals surface area contributed by atoms with Crippen LogP contribution in [-0.4, -0.2) is 16.5 Å². The van der Waals surface area contributed by atoms with Gasteiger partial charge in [0.05, 0.1) is 0 Å². The van der Waals surface area contributed by atoms with Crippen LogP contribution in [0.5, 0.6) is 0 Å². The third-order valence-electron chi connectivity index (χ3n) is 7.91. The number of carbonyl (C=O) groups excluding carboxylic acids is 1. The Morgan fingerprint density at radius 3 is 2.40 bits per heavy atom. The maximum absolute atomic E-state index is 13.2. The molecule has 0 spiro atoms. The summed E-state index contributed by atoms with van der Waals surface area (Å²) in [4.78, 5) is 13.2. The summed E-state index contributed by atoms with van der Waals surface area (Å²) < 4.78 is 0. The lowest BCUT2D eigenvalue weighted by Crippen LogP contribution is -2.55. The van der Waals surface area contributed by atoms with Crippen molar-refractivity contribution in [2.75, 3.05) is 0 Å². The Bertz CT molecular complexity index is 506. The zero-order valence-corrected chi connectivity index (χ0v) is 12.9. The molecular weight excluding hydrogens is 248 g/mol. The average molecular weight is 274 g/mol. The summed E-state index contributed by atoms with van der Waals surface area (Å²) in [7, 11) is 0. The lowest BCUT2D eigenvalue weighted by Gasteiger charge is -2.45. The van der Waals surface area contributed by atoms with Gasteiger partial charge in [0, 0.05) is 11.3 Å². The van der Waals surface area contributed by atoms with E-state index in [0.29, 0.717) is 24.2 Å². The van der Waals surface area contributed by atoms with Gasteiger partial charge in [0.1, 0.15) is 5.60 Å². The fourth-order valence-electron chi connectivity index (χ4n) is 6.04. The van der Waals surface area contributed by atoms with Crippen molar-refractivity contribution in [3.63, 3.8) is 0 Å². The first-order valence-corrected chi connectivity index (χ1v) is 8.25. The van der Waals surface area contributed by atoms with Crippen LogP contribution in [0.3, 0.4) is 0 Å². The number of aliphatic hydroxyl groups is 1. The fourth-order valence-corrected chi connectivity index (χ4v) is 6.04. The highest BCUT2D eigenvalue weighted by Crippen LogP contribution is 2.70. The number of hydrogen-bond acceptors (Lipinski definition) is 2. The Hall–Kier alpha value is -0.630. The van der Waals surface area contributed by atoms with Crippen LogP contribution in [0.15, 0.2) is 12.2 Å². The molecule has 1 N–H and O–H groups in total. The van der Waals surface area contributed by atoms with Gasteiger partial charge < -0.3 is 5.11 Å². The second-order valence-corrected chi connectivity index (χ2v) is 8.60. The van der Waals surface area contributed by atoms with E-state index in [1.807, 2.05) is 0 Å². The summed E-state index contributed by atoms with van der Waals surface area (Å²) in [5.74, 6) is 1.77. The van der Waals surface area contributed by atoms with Crippen LogP contribution in [0.25, 0.3) is 0 Å². The standard InChI is InChI=1S/C18H26O2/c1-16(2)13-6-7-17(16,3)18(20,10-13)15(19)14-9-11-4-5-12(14)8-11/h4-5,11-14,20H,6-10H2,1-3H3/t11?,12?,13?,14-,17?,18?/m1/s1. The minimum atomic E-state index is -1.07. The SMILES string of the molecule is CC1(C)C2CCC1(C)C(O)(C(=O)[C@@H]1CC3C=CC1C3)C2. The number of allylic oxidation sites excluding steroid dienone is 2. The molecule has 4 aliphatic rings. The quantitative estimate of drug-likeness (QED) is 0.784. The van der Waals surface area contributed by atoms with Crippen molar-refractivity contribution in [3.8, 4) is 0 Å². The van der Waals surface area contributed by atoms with Gasteiger partial charge in [0.15, 0.2) is 5.78 Å². The molecule has 0 radical (unpaired) electrons. The summed E-state index contributed by atoms with van der Waals surface area (Å²) in [6.07, 6.45) is 9.48. The van der Waals surface area contributed by atoms with Gasteiger partial charge in [-0.2, -0.15) is 0 Å². The van der Waals surface area contributed by atoms with Crippen LogP contribution < -0.4 is 0 Å². The van der Waals surface area contributed by atoms with Crippen molar-refractivity contribution in [3.05, 3.63) is 12.2 Å². The number of rotatable bonds is 2. The fraction of sp³-hybridized carbons (Fsp3) is 0.833. The van der Waals surface area contributed by atoms with Gasteiger partial charge in [-0.15, -0.1) is 0 Å². The van der Waals surface area contributed by atoms with Crippen LogP contribution >= 0.6 is 0 Å². The maximum atomic E-state index is 13.2. The van der Waals surface area contributed by atoms with E-state index in [1.54, 1.807) is 0 Å². The van der Waals surface area contributed by atoms with Crippen LogP contribution in [0.1, 0.15) is 52.9 Å². The molecule has 0 heterocycles. The predicted molar refractivity (Wildman–Crippen MR) is 78.0 cm³/mol. The van der Waals surface area contributed by atoms with E-state index in [-0.39, 0.29) is 22.5 Å². The first-order chi connectivity index (χ1) is 9.29. The number of hydrogen-bond donors (Lipinski definition) is 1. The molecule has 0 aromatic heterocycles. The second-order valence-electron chi connectivity index (χ2n) is 8.60. The Balaban J connectivity index is 1.69. The maximum Gasteiger partial charge on any atom is 0.168 e. The summed E-state index contributed by atoms with van der Waals surface area (Å²) in [5, 5.41) is 11.4. The Labute approximate surface area is 121 Å². The van der Waals surface area contributed by atoms with Gasteiger partial charge in [0.25, 0.3) is 0 Å². The first-order valence-electron chi connectivity index (χ1n) is 8.25. The molecule has 20 heavy (non-hydrogen) atoms. The van der Waals surface area contributed by atoms with Crippen molar-refractivity contribution < 1.29 is 9.90 Å². The molecule has 3 saturated carbocycles. The van der Waals surface area contributed by atoms with Crippen LogP contribution in [0.2, 0.25) is 0 Å². The van der Waals surface area contributed by atoms with E-state index >= 15 is 0 Å². The predicted octanol–water partition coefficient (Wildman–Crippen LogP) is 3.35. The van der Waals surface area contributed by atoms with Crippen LogP contribution in [0.4, 0.5) is 0 Å². The van der Waals surface area contributed by atoms with E-state index in [9.17, 15) is 9.90 Å². The summed E-state index contributed by atoms with van der Waals surface area (Å²) in [6.45, 7) is 6.69. The molecule has 110 valence electrons. The van der Waals surface area contributed by atoms with E-state index in [4.69, 9.17) is 0 Å². The Morgan fingerprint density at radius 2 is 1.95 bits per heavy atom. The van der Waals surface area contributed by atoms with Crippen molar-refractivity contribution >= 4 is 5.78 Å². The van der Waals surface area contributed by atoms with E-state index in [1.165, 1.54) is 6.42 Å². The van der Waals surface area contributed by atoms with Gasteiger partial charge in [-0.25, -0.2) is 0 Å². The molecule has 4 aliphatic carbocycles. The molecule has 0 amide bonds. The summed E-state index contributed by atoms with van der Waals surface area (Å²) >= 11 is 0. The van der Waals surface area contributed by atoms with Gasteiger partial charge in [-0.3, -0.25) is 4.79 Å². The third-order valence-corrected chi connectivity index (χ3v) is 7.91. The first kappa shape index (κ1) is 13.1. The molecule has 0 aliphatic heterocycles. The van der Waals surface area contributed by atoms with Gasteiger partial charge in [-0.05, 0) is 55.3 Å². The molecule has 6 atom stereocenters. The molecule has 0 aromatic rings. The topological polar surface area (TPSA) is 37.3 Å². The zero-order chi connectivity index (χ0) is 14.3. The van der Waals surface area contributed by atoms with Crippen LogP contribution in [-0.2, 0) is 4.79 Å². The second kappa shape index (κ2) is 3.58. The summed E-state index contributed by atoms with van der Waals surface area (Å²) in [5.41, 5.74) is -1.21. The molecule has 2 nitrogen and oxygen atoms in total. The molecule has 3 fully saturated rings. The average Bonchev–Trinajstić information content (AvgIpc) is 3.10. The lowest BCUT2D eigenvalue weighted by molar-refractivity contribution is -0.160. The Morgan fingerprint density at radius 1 is 1.20 bits per heavy atom. The van der Waals surface area contributed by atoms with E-state index in [2.05, 4.69) is 32.9 Å². The highest BCUT2D eigenvalue weighted by atomic mass is 16.3. The third kappa shape index (κ3) is 1.24. The highest BCUT2D eigenvalue weighted by molar-refractivity contribution is 5.92. The van der Waals surface area contributed by atoms with Gasteiger partial charge in [0.2, 0.25) is 0 Å². The van der Waals surface area contributed by atoms with Crippen molar-refractivity contribution in [1.29, 1.82) is 0 Å². The molecule has 5 unspecified atom stereocenters. The molecule has 4 bridgehead atoms. The minimum Gasteiger partial charge on any atom is -0.381 e. The Kier molecular flexibility index (Phi) is 2.34. The smallest absolute Gasteiger partial charge is 0.168 e. The van der Waals surface area contributed by atoms with Crippen molar-refractivity contribution in [2.45, 2.75) is 58.5 Å². The number of carbonyl (C=O) groups is 1. The molecule has 4 rings (SSSR count). The monoisotopic (exact) mass is 274 g/mol. The van der Waals surface area contributed by atoms with Gasteiger partial charge >= 0.3 is 0 Å². The van der Waals surface area contributed by atoms with Crippen LogP contribution in [0, 0.1) is 34.5 Å². The molecule has 0 saturated heterocycles. The number of Topliss-reactive ketones (excluding diaryl/α,β-unsaturated/α-hetero) is 1. The van der Waals surface area contributed by atoms with Crippen molar-refractivity contribution in [1.82, 2.24) is 0 Å². The summed E-state index contributed by atoms with van der Waals surface area (Å²) in [6, 6.07) is 0. The highest BCUT2D eigenvalue weighted by Gasteiger charge is 2.71. The number of fused-ring (bicyclic) bond motifs is 4. The number of ketones is 1. The van der Waals surface area contributed by atoms with Gasteiger partial charge in [-0.1, -0.05) is 32.9 Å². The molecule has 2 heteroatoms. The normalized spacial score (nSPS) is 54.8. The zero-order valence-electron chi connectivity index (χ0n) is 12.9. The largest absolute Gasteiger partial charge is 0.381 e. The van der Waals surface area contributed by atoms with E-state index in [0.717, 1.165) is 19.3 Å². The minimum absolute atomic E-state index is 0.0852. The molecular formula is C18H26O2. The van der Waals surface area contributed by atoms with Crippen molar-refractivity contribution in [2.24, 2.45) is 34.5 Å². The van der Waals surface area contributed by atoms with E-state index < -0.39 is 5.60 Å². The lowest BCUT2D eigenvalue weighted by atomic mass is 9.61.